The lowest BCUT2D eigenvalue weighted by atomic mass is 9.54. The molecule has 3 aliphatic rings. The molecule has 0 saturated heterocycles. The molecule has 3 aliphatic carbocycles. The van der Waals surface area contributed by atoms with E-state index >= 15 is 0 Å². The third-order valence-corrected chi connectivity index (χ3v) is 9.17. The van der Waals surface area contributed by atoms with Crippen molar-refractivity contribution in [2.45, 2.75) is 70.8 Å². The molecule has 2 N–H and O–H groups in total. The summed E-state index contributed by atoms with van der Waals surface area (Å²) in [7, 11) is 0. The van der Waals surface area contributed by atoms with Gasteiger partial charge in [0.05, 0.1) is 6.10 Å². The standard InChI is InChI=1S/C25H32N2O2S/c1-15-14-26-24(30-15)27-22(29)10-8-17-13-21(28)25(2)12-11-19-18-6-4-3-5-16(18)7-9-20(19)23(17)25/h3-6,14,17,19-21,23,28H,7-13H2,1-2H3,(H,26,27,29)/t17-,19?,20?,21?,23?,25-/m1/s1. The maximum Gasteiger partial charge on any atom is 0.226 e. The van der Waals surface area contributed by atoms with E-state index in [4.69, 9.17) is 0 Å². The summed E-state index contributed by atoms with van der Waals surface area (Å²) >= 11 is 1.52. The van der Waals surface area contributed by atoms with Gasteiger partial charge in [0.2, 0.25) is 5.91 Å². The number of aryl methyl sites for hydroxylation is 2. The molecule has 2 saturated carbocycles. The Morgan fingerprint density at radius 3 is 2.97 bits per heavy atom. The number of amides is 1. The Morgan fingerprint density at radius 2 is 2.17 bits per heavy atom. The van der Waals surface area contributed by atoms with Gasteiger partial charge in [0.25, 0.3) is 0 Å². The maximum atomic E-state index is 12.5. The van der Waals surface area contributed by atoms with Crippen LogP contribution in [0.5, 0.6) is 0 Å². The summed E-state index contributed by atoms with van der Waals surface area (Å²) in [6, 6.07) is 8.97. The number of carbonyl (C=O) groups excluding carboxylic acids is 1. The Balaban J connectivity index is 1.32. The molecule has 6 atom stereocenters. The van der Waals surface area contributed by atoms with Crippen molar-refractivity contribution >= 4 is 22.4 Å². The zero-order valence-corrected chi connectivity index (χ0v) is 18.8. The molecule has 0 bridgehead atoms. The number of nitrogens with zero attached hydrogens (tertiary/aromatic N) is 1. The number of aliphatic hydroxyl groups excluding tert-OH is 1. The molecular formula is C25H32N2O2S. The molecule has 0 radical (unpaired) electrons. The molecular weight excluding hydrogens is 392 g/mol. The van der Waals surface area contributed by atoms with Crippen LogP contribution in [0.15, 0.2) is 30.5 Å². The van der Waals surface area contributed by atoms with Gasteiger partial charge in [-0.15, -0.1) is 11.3 Å². The lowest BCUT2D eigenvalue weighted by Gasteiger charge is -2.51. The van der Waals surface area contributed by atoms with Crippen LogP contribution in [0.2, 0.25) is 0 Å². The summed E-state index contributed by atoms with van der Waals surface area (Å²) < 4.78 is 0. The first kappa shape index (κ1) is 20.2. The second kappa shape index (κ2) is 7.76. The molecule has 5 rings (SSSR count). The Kier molecular flexibility index (Phi) is 5.22. The van der Waals surface area contributed by atoms with Crippen LogP contribution in [0.4, 0.5) is 5.13 Å². The Hall–Kier alpha value is -1.72. The van der Waals surface area contributed by atoms with Crippen LogP contribution < -0.4 is 5.32 Å². The summed E-state index contributed by atoms with van der Waals surface area (Å²) in [5.41, 5.74) is 3.07. The van der Waals surface area contributed by atoms with Gasteiger partial charge in [-0.3, -0.25) is 4.79 Å². The quantitative estimate of drug-likeness (QED) is 0.699. The van der Waals surface area contributed by atoms with Gasteiger partial charge in [0.15, 0.2) is 5.13 Å². The van der Waals surface area contributed by atoms with Crippen molar-refractivity contribution in [3.63, 3.8) is 0 Å². The monoisotopic (exact) mass is 424 g/mol. The number of carbonyl (C=O) groups is 1. The number of thiazole rings is 1. The van der Waals surface area contributed by atoms with Crippen LogP contribution in [0.1, 0.15) is 67.4 Å². The first-order valence-corrected chi connectivity index (χ1v) is 12.3. The molecule has 4 unspecified atom stereocenters. The SMILES string of the molecule is Cc1cnc(NC(=O)CC[C@@H]2CC(O)[C@@]3(C)CCC4c5ccccc5CCC4C23)s1. The molecule has 0 spiro atoms. The third kappa shape index (κ3) is 3.40. The summed E-state index contributed by atoms with van der Waals surface area (Å²) in [6.45, 7) is 4.31. The summed E-state index contributed by atoms with van der Waals surface area (Å²) in [5.74, 6) is 2.23. The summed E-state index contributed by atoms with van der Waals surface area (Å²) in [5, 5.41) is 14.7. The molecule has 160 valence electrons. The topological polar surface area (TPSA) is 62.2 Å². The van der Waals surface area contributed by atoms with Crippen LogP contribution in [0.3, 0.4) is 0 Å². The van der Waals surface area contributed by atoms with Gasteiger partial charge in [-0.05, 0) is 85.7 Å². The first-order chi connectivity index (χ1) is 14.5. The normalized spacial score (nSPS) is 34.7. The van der Waals surface area contributed by atoms with Crippen LogP contribution in [-0.2, 0) is 11.2 Å². The van der Waals surface area contributed by atoms with Gasteiger partial charge in [0, 0.05) is 17.5 Å². The molecule has 1 aromatic heterocycles. The minimum Gasteiger partial charge on any atom is -0.393 e. The van der Waals surface area contributed by atoms with Gasteiger partial charge >= 0.3 is 0 Å². The number of aromatic nitrogens is 1. The molecule has 2 aromatic rings. The van der Waals surface area contributed by atoms with Crippen molar-refractivity contribution in [1.82, 2.24) is 4.98 Å². The second-order valence-corrected chi connectivity index (χ2v) is 11.2. The van der Waals surface area contributed by atoms with Gasteiger partial charge in [0.1, 0.15) is 0 Å². The first-order valence-electron chi connectivity index (χ1n) is 11.4. The van der Waals surface area contributed by atoms with E-state index in [9.17, 15) is 9.90 Å². The maximum absolute atomic E-state index is 12.5. The predicted octanol–water partition coefficient (Wildman–Crippen LogP) is 5.31. The number of hydrogen-bond acceptors (Lipinski definition) is 4. The summed E-state index contributed by atoms with van der Waals surface area (Å²) in [4.78, 5) is 17.9. The highest BCUT2D eigenvalue weighted by atomic mass is 32.1. The predicted molar refractivity (Wildman–Crippen MR) is 121 cm³/mol. The number of hydrogen-bond donors (Lipinski definition) is 2. The van der Waals surface area contributed by atoms with Crippen LogP contribution in [-0.4, -0.2) is 22.1 Å². The Bertz CT molecular complexity index is 941. The zero-order chi connectivity index (χ0) is 20.9. The zero-order valence-electron chi connectivity index (χ0n) is 17.9. The van der Waals surface area contributed by atoms with E-state index in [2.05, 4.69) is 41.5 Å². The minimum absolute atomic E-state index is 0.00100. The number of nitrogens with one attached hydrogen (secondary N) is 1. The van der Waals surface area contributed by atoms with E-state index in [0.29, 0.717) is 35.2 Å². The van der Waals surface area contributed by atoms with Crippen LogP contribution >= 0.6 is 11.3 Å². The van der Waals surface area contributed by atoms with Gasteiger partial charge < -0.3 is 10.4 Å². The van der Waals surface area contributed by atoms with E-state index in [-0.39, 0.29) is 17.4 Å². The Labute approximate surface area is 183 Å². The highest BCUT2D eigenvalue weighted by Gasteiger charge is 2.58. The molecule has 30 heavy (non-hydrogen) atoms. The highest BCUT2D eigenvalue weighted by molar-refractivity contribution is 7.15. The molecule has 1 amide bonds. The van der Waals surface area contributed by atoms with Gasteiger partial charge in [-0.2, -0.15) is 0 Å². The van der Waals surface area contributed by atoms with Gasteiger partial charge in [-0.1, -0.05) is 31.2 Å². The molecule has 0 aliphatic heterocycles. The molecule has 1 aromatic carbocycles. The molecule has 1 heterocycles. The average molecular weight is 425 g/mol. The summed E-state index contributed by atoms with van der Waals surface area (Å²) in [6.07, 6.45) is 8.41. The fourth-order valence-corrected chi connectivity index (χ4v) is 7.67. The van der Waals surface area contributed by atoms with E-state index in [1.807, 2.05) is 6.92 Å². The molecule has 2 fully saturated rings. The van der Waals surface area contributed by atoms with E-state index in [1.165, 1.54) is 29.7 Å². The lowest BCUT2D eigenvalue weighted by molar-refractivity contribution is -0.116. The van der Waals surface area contributed by atoms with Crippen molar-refractivity contribution in [2.75, 3.05) is 5.32 Å². The third-order valence-electron chi connectivity index (χ3n) is 8.34. The number of fused-ring (bicyclic) bond motifs is 5. The Morgan fingerprint density at radius 1 is 1.33 bits per heavy atom. The lowest BCUT2D eigenvalue weighted by Crippen LogP contribution is -2.45. The van der Waals surface area contributed by atoms with Crippen molar-refractivity contribution in [2.24, 2.45) is 23.2 Å². The number of aliphatic hydroxyl groups is 1. The average Bonchev–Trinajstić information content (AvgIpc) is 3.26. The number of benzene rings is 1. The number of rotatable bonds is 4. The van der Waals surface area contributed by atoms with Crippen molar-refractivity contribution in [3.8, 4) is 0 Å². The van der Waals surface area contributed by atoms with Gasteiger partial charge in [-0.25, -0.2) is 4.98 Å². The molecule has 5 heteroatoms. The van der Waals surface area contributed by atoms with E-state index in [1.54, 1.807) is 11.8 Å². The van der Waals surface area contributed by atoms with E-state index in [0.717, 1.165) is 30.6 Å². The van der Waals surface area contributed by atoms with Crippen LogP contribution in [0, 0.1) is 30.1 Å². The van der Waals surface area contributed by atoms with Crippen molar-refractivity contribution < 1.29 is 9.90 Å². The second-order valence-electron chi connectivity index (χ2n) is 9.95. The van der Waals surface area contributed by atoms with E-state index < -0.39 is 0 Å². The van der Waals surface area contributed by atoms with Crippen molar-refractivity contribution in [3.05, 3.63) is 46.5 Å². The smallest absolute Gasteiger partial charge is 0.226 e. The van der Waals surface area contributed by atoms with Crippen LogP contribution in [0.25, 0.3) is 0 Å². The van der Waals surface area contributed by atoms with Crippen molar-refractivity contribution in [1.29, 1.82) is 0 Å². The molecule has 4 nitrogen and oxygen atoms in total. The fraction of sp³-hybridized carbons (Fsp3) is 0.600. The fourth-order valence-electron chi connectivity index (χ4n) is 6.99. The largest absolute Gasteiger partial charge is 0.393 e. The number of anilines is 1. The highest BCUT2D eigenvalue weighted by Crippen LogP contribution is 2.63. The minimum atomic E-state index is -0.240.